The van der Waals surface area contributed by atoms with E-state index in [1.807, 2.05) is 18.4 Å². The number of hydrogen-bond acceptors (Lipinski definition) is 3. The van der Waals surface area contributed by atoms with Gasteiger partial charge in [-0.3, -0.25) is 0 Å². The molecule has 0 aliphatic carbocycles. The smallest absolute Gasteiger partial charge is 0.159 e. The highest BCUT2D eigenvalue weighted by atomic mass is 79.9. The third-order valence-corrected chi connectivity index (χ3v) is 5.89. The molecule has 0 aliphatic heterocycles. The zero-order valence-electron chi connectivity index (χ0n) is 10.1. The Hall–Kier alpha value is -0.430. The Bertz CT molecular complexity index is 572. The quantitative estimate of drug-likeness (QED) is 0.776. The molecule has 2 rings (SSSR count). The molecule has 0 saturated heterocycles. The maximum absolute atomic E-state index is 13.2. The number of halogens is 3. The molecule has 6 heteroatoms. The lowest BCUT2D eigenvalue weighted by Crippen LogP contribution is -2.21. The summed E-state index contributed by atoms with van der Waals surface area (Å²) in [5, 5.41) is 2.00. The van der Waals surface area contributed by atoms with Crippen LogP contribution in [0.3, 0.4) is 0 Å². The van der Waals surface area contributed by atoms with Crippen LogP contribution >= 0.6 is 39.0 Å². The van der Waals surface area contributed by atoms with Gasteiger partial charge in [-0.15, -0.1) is 23.1 Å². The zero-order chi connectivity index (χ0) is 14.0. The van der Waals surface area contributed by atoms with Gasteiger partial charge in [0.15, 0.2) is 11.6 Å². The number of nitrogens with two attached hydrogens (primary N) is 1. The van der Waals surface area contributed by atoms with E-state index in [1.165, 1.54) is 17.8 Å². The second-order valence-electron chi connectivity index (χ2n) is 4.14. The summed E-state index contributed by atoms with van der Waals surface area (Å²) in [6.45, 7) is 1.91. The predicted molar refractivity (Wildman–Crippen MR) is 80.6 cm³/mol. The molecule has 0 radical (unpaired) electrons. The first-order chi connectivity index (χ1) is 8.97. The van der Waals surface area contributed by atoms with Crippen molar-refractivity contribution in [3.05, 3.63) is 50.6 Å². The third kappa shape index (κ3) is 3.78. The van der Waals surface area contributed by atoms with Crippen LogP contribution in [-0.4, -0.2) is 6.04 Å². The normalized spacial score (nSPS) is 14.4. The molecule has 1 nitrogen and oxygen atoms in total. The standard InChI is InChI=1S/C13H12BrF2NS2/c1-7(17)13(12-4-8(14)6-18-12)19-9-2-3-10(15)11(16)5-9/h2-7,13H,17H2,1H3. The molecule has 1 aromatic heterocycles. The molecule has 2 unspecified atom stereocenters. The molecule has 0 bridgehead atoms. The Kier molecular flexibility index (Phi) is 5.00. The van der Waals surface area contributed by atoms with Crippen LogP contribution in [0.15, 0.2) is 39.0 Å². The molecule has 19 heavy (non-hydrogen) atoms. The monoisotopic (exact) mass is 363 g/mol. The minimum atomic E-state index is -0.833. The van der Waals surface area contributed by atoms with Crippen LogP contribution in [-0.2, 0) is 0 Å². The summed E-state index contributed by atoms with van der Waals surface area (Å²) in [4.78, 5) is 1.78. The predicted octanol–water partition coefficient (Wildman–Crippen LogP) is 4.97. The molecular formula is C13H12BrF2NS2. The molecule has 2 aromatic rings. The van der Waals surface area contributed by atoms with E-state index < -0.39 is 11.6 Å². The van der Waals surface area contributed by atoms with Crippen molar-refractivity contribution < 1.29 is 8.78 Å². The molecule has 102 valence electrons. The van der Waals surface area contributed by atoms with Crippen molar-refractivity contribution in [2.24, 2.45) is 5.73 Å². The molecule has 0 spiro atoms. The minimum Gasteiger partial charge on any atom is -0.327 e. The number of thioether (sulfide) groups is 1. The molecule has 1 heterocycles. The van der Waals surface area contributed by atoms with Crippen molar-refractivity contribution >= 4 is 39.0 Å². The van der Waals surface area contributed by atoms with Crippen LogP contribution in [0.25, 0.3) is 0 Å². The number of benzene rings is 1. The first kappa shape index (κ1) is 15.0. The average molecular weight is 364 g/mol. The fourth-order valence-corrected chi connectivity index (χ4v) is 4.46. The van der Waals surface area contributed by atoms with E-state index in [-0.39, 0.29) is 11.3 Å². The molecule has 0 saturated carbocycles. The van der Waals surface area contributed by atoms with Crippen LogP contribution in [0, 0.1) is 11.6 Å². The van der Waals surface area contributed by atoms with Crippen molar-refractivity contribution in [3.8, 4) is 0 Å². The molecule has 0 amide bonds. The highest BCUT2D eigenvalue weighted by Gasteiger charge is 2.20. The summed E-state index contributed by atoms with van der Waals surface area (Å²) in [7, 11) is 0. The number of rotatable bonds is 4. The highest BCUT2D eigenvalue weighted by molar-refractivity contribution is 9.10. The molecule has 1 aromatic carbocycles. The lowest BCUT2D eigenvalue weighted by molar-refractivity contribution is 0.506. The fraction of sp³-hybridized carbons (Fsp3) is 0.231. The summed E-state index contributed by atoms with van der Waals surface area (Å²) in [6.07, 6.45) is 0. The van der Waals surface area contributed by atoms with E-state index in [4.69, 9.17) is 5.73 Å². The first-order valence-electron chi connectivity index (χ1n) is 5.58. The second-order valence-corrected chi connectivity index (χ2v) is 7.21. The van der Waals surface area contributed by atoms with Crippen molar-refractivity contribution in [1.82, 2.24) is 0 Å². The maximum Gasteiger partial charge on any atom is 0.159 e. The van der Waals surface area contributed by atoms with Crippen molar-refractivity contribution in [2.45, 2.75) is 23.1 Å². The third-order valence-electron chi connectivity index (χ3n) is 2.50. The lowest BCUT2D eigenvalue weighted by atomic mass is 10.2. The Morgan fingerprint density at radius 1 is 1.26 bits per heavy atom. The Morgan fingerprint density at radius 2 is 2.00 bits per heavy atom. The largest absolute Gasteiger partial charge is 0.327 e. The summed E-state index contributed by atoms with van der Waals surface area (Å²) >= 11 is 6.45. The van der Waals surface area contributed by atoms with Gasteiger partial charge in [0.2, 0.25) is 0 Å². The Labute approximate surface area is 127 Å². The van der Waals surface area contributed by atoms with Crippen molar-refractivity contribution in [1.29, 1.82) is 0 Å². The van der Waals surface area contributed by atoms with E-state index in [0.29, 0.717) is 4.90 Å². The molecular weight excluding hydrogens is 352 g/mol. The lowest BCUT2D eigenvalue weighted by Gasteiger charge is -2.19. The zero-order valence-corrected chi connectivity index (χ0v) is 13.3. The van der Waals surface area contributed by atoms with Crippen molar-refractivity contribution in [3.63, 3.8) is 0 Å². The van der Waals surface area contributed by atoms with E-state index >= 15 is 0 Å². The SMILES string of the molecule is CC(N)C(Sc1ccc(F)c(F)c1)c1cc(Br)cs1. The van der Waals surface area contributed by atoms with Gasteiger partial charge in [0.05, 0.1) is 5.25 Å². The Balaban J connectivity index is 2.23. The molecule has 0 fully saturated rings. The molecule has 0 aliphatic rings. The summed E-state index contributed by atoms with van der Waals surface area (Å²) in [5.41, 5.74) is 6.00. The van der Waals surface area contributed by atoms with Crippen LogP contribution in [0.5, 0.6) is 0 Å². The summed E-state index contributed by atoms with van der Waals surface area (Å²) in [6, 6.07) is 5.83. The van der Waals surface area contributed by atoms with Crippen LogP contribution in [0.2, 0.25) is 0 Å². The van der Waals surface area contributed by atoms with Crippen LogP contribution in [0.4, 0.5) is 8.78 Å². The molecule has 2 atom stereocenters. The van der Waals surface area contributed by atoms with Gasteiger partial charge in [-0.25, -0.2) is 8.78 Å². The van der Waals surface area contributed by atoms with Gasteiger partial charge in [-0.1, -0.05) is 0 Å². The van der Waals surface area contributed by atoms with E-state index in [9.17, 15) is 8.78 Å². The topological polar surface area (TPSA) is 26.0 Å². The Morgan fingerprint density at radius 3 is 2.53 bits per heavy atom. The van der Waals surface area contributed by atoms with Gasteiger partial charge >= 0.3 is 0 Å². The van der Waals surface area contributed by atoms with Crippen molar-refractivity contribution in [2.75, 3.05) is 0 Å². The summed E-state index contributed by atoms with van der Waals surface area (Å²) in [5.74, 6) is -1.67. The van der Waals surface area contributed by atoms with Gasteiger partial charge in [0, 0.05) is 25.7 Å². The van der Waals surface area contributed by atoms with Gasteiger partial charge in [-0.2, -0.15) is 0 Å². The van der Waals surface area contributed by atoms with E-state index in [1.54, 1.807) is 17.4 Å². The second kappa shape index (κ2) is 6.35. The summed E-state index contributed by atoms with van der Waals surface area (Å²) < 4.78 is 27.1. The van der Waals surface area contributed by atoms with E-state index in [2.05, 4.69) is 15.9 Å². The van der Waals surface area contributed by atoms with Gasteiger partial charge in [0.1, 0.15) is 0 Å². The van der Waals surface area contributed by atoms with Gasteiger partial charge in [0.25, 0.3) is 0 Å². The maximum atomic E-state index is 13.2. The van der Waals surface area contributed by atoms with Gasteiger partial charge in [-0.05, 0) is 47.1 Å². The number of thiophene rings is 1. The van der Waals surface area contributed by atoms with Crippen LogP contribution in [0.1, 0.15) is 17.1 Å². The van der Waals surface area contributed by atoms with Gasteiger partial charge < -0.3 is 5.73 Å². The number of hydrogen-bond donors (Lipinski definition) is 1. The fourth-order valence-electron chi connectivity index (χ4n) is 1.60. The minimum absolute atomic E-state index is 0.0150. The molecule has 2 N–H and O–H groups in total. The van der Waals surface area contributed by atoms with E-state index in [0.717, 1.165) is 15.4 Å². The van der Waals surface area contributed by atoms with Crippen LogP contribution < -0.4 is 5.73 Å². The first-order valence-corrected chi connectivity index (χ1v) is 8.14. The highest BCUT2D eigenvalue weighted by Crippen LogP contribution is 2.40. The average Bonchev–Trinajstić information content (AvgIpc) is 2.76.